The third-order valence-electron chi connectivity index (χ3n) is 2.90. The number of ether oxygens (including phenoxy) is 2. The zero-order chi connectivity index (χ0) is 13.1. The summed E-state index contributed by atoms with van der Waals surface area (Å²) >= 11 is 0. The zero-order valence-electron chi connectivity index (χ0n) is 11.1. The molecule has 6 nitrogen and oxygen atoms in total. The molecule has 1 aromatic rings. The lowest BCUT2D eigenvalue weighted by molar-refractivity contribution is -0.0110. The van der Waals surface area contributed by atoms with Gasteiger partial charge < -0.3 is 20.1 Å². The van der Waals surface area contributed by atoms with Crippen LogP contribution in [0.5, 0.6) is 5.88 Å². The molecule has 100 valence electrons. The molecule has 2 rings (SSSR count). The molecule has 0 radical (unpaired) electrons. The molecule has 6 heteroatoms. The maximum atomic E-state index is 5.72. The van der Waals surface area contributed by atoms with Gasteiger partial charge >= 0.3 is 0 Å². The molecule has 0 saturated carbocycles. The Kier molecular flexibility index (Phi) is 3.98. The van der Waals surface area contributed by atoms with Crippen LogP contribution >= 0.6 is 0 Å². The Morgan fingerprint density at radius 1 is 1.50 bits per heavy atom. The van der Waals surface area contributed by atoms with Gasteiger partial charge in [-0.05, 0) is 13.8 Å². The minimum Gasteiger partial charge on any atom is -0.481 e. The van der Waals surface area contributed by atoms with Gasteiger partial charge in [0.1, 0.15) is 0 Å². The van der Waals surface area contributed by atoms with Crippen LogP contribution in [-0.4, -0.2) is 48.9 Å². The van der Waals surface area contributed by atoms with Crippen LogP contribution in [0.3, 0.4) is 0 Å². The van der Waals surface area contributed by atoms with Crippen molar-refractivity contribution in [2.45, 2.75) is 26.1 Å². The molecule has 2 unspecified atom stereocenters. The van der Waals surface area contributed by atoms with Crippen LogP contribution in [0.2, 0.25) is 0 Å². The Balaban J connectivity index is 2.21. The third kappa shape index (κ3) is 2.88. The molecule has 2 atom stereocenters. The Morgan fingerprint density at radius 3 is 2.94 bits per heavy atom. The number of hydrogen-bond acceptors (Lipinski definition) is 6. The highest BCUT2D eigenvalue weighted by Gasteiger charge is 2.26. The molecule has 1 saturated heterocycles. The molecule has 1 aromatic heterocycles. The summed E-state index contributed by atoms with van der Waals surface area (Å²) < 4.78 is 10.9. The van der Waals surface area contributed by atoms with E-state index in [2.05, 4.69) is 14.9 Å². The minimum absolute atomic E-state index is 0.0313. The standard InChI is InChI=1S/C12H20N4O2/c1-8-4-11(17-3)15-12(14-8)16-6-9(2)18-10(5-13)7-16/h4,9-10H,5-7,13H2,1-3H3. The molecule has 0 bridgehead atoms. The predicted molar refractivity (Wildman–Crippen MR) is 68.9 cm³/mol. The number of nitrogens with two attached hydrogens (primary N) is 1. The second-order valence-electron chi connectivity index (χ2n) is 4.56. The van der Waals surface area contributed by atoms with Crippen LogP contribution in [0.1, 0.15) is 12.6 Å². The molecular formula is C12H20N4O2. The average Bonchev–Trinajstić information content (AvgIpc) is 2.37. The molecule has 1 fully saturated rings. The summed E-state index contributed by atoms with van der Waals surface area (Å²) in [4.78, 5) is 10.9. The van der Waals surface area contributed by atoms with Gasteiger partial charge in [0, 0.05) is 31.4 Å². The van der Waals surface area contributed by atoms with Crippen molar-refractivity contribution in [1.82, 2.24) is 9.97 Å². The number of aromatic nitrogens is 2. The van der Waals surface area contributed by atoms with Crippen LogP contribution in [0, 0.1) is 6.92 Å². The monoisotopic (exact) mass is 252 g/mol. The predicted octanol–water partition coefficient (Wildman–Crippen LogP) is 0.346. The maximum Gasteiger partial charge on any atom is 0.229 e. The van der Waals surface area contributed by atoms with E-state index in [9.17, 15) is 0 Å². The van der Waals surface area contributed by atoms with Gasteiger partial charge in [0.25, 0.3) is 0 Å². The van der Waals surface area contributed by atoms with Crippen molar-refractivity contribution < 1.29 is 9.47 Å². The summed E-state index contributed by atoms with van der Waals surface area (Å²) in [5.41, 5.74) is 6.56. The first-order valence-corrected chi connectivity index (χ1v) is 6.12. The van der Waals surface area contributed by atoms with Gasteiger partial charge in [-0.25, -0.2) is 4.98 Å². The highest BCUT2D eigenvalue weighted by Crippen LogP contribution is 2.19. The van der Waals surface area contributed by atoms with Gasteiger partial charge in [-0.2, -0.15) is 4.98 Å². The number of hydrogen-bond donors (Lipinski definition) is 1. The first-order valence-electron chi connectivity index (χ1n) is 6.12. The molecule has 0 amide bonds. The average molecular weight is 252 g/mol. The van der Waals surface area contributed by atoms with Crippen molar-refractivity contribution in [2.75, 3.05) is 31.6 Å². The van der Waals surface area contributed by atoms with Crippen molar-refractivity contribution in [3.8, 4) is 5.88 Å². The fourth-order valence-corrected chi connectivity index (χ4v) is 2.11. The van der Waals surface area contributed by atoms with E-state index in [0.717, 1.165) is 12.2 Å². The smallest absolute Gasteiger partial charge is 0.229 e. The summed E-state index contributed by atoms with van der Waals surface area (Å²) in [6.07, 6.45) is 0.159. The molecule has 1 aliphatic rings. The first-order chi connectivity index (χ1) is 8.62. The Bertz CT molecular complexity index is 413. The SMILES string of the molecule is COc1cc(C)nc(N2CC(C)OC(CN)C2)n1. The van der Waals surface area contributed by atoms with Crippen LogP contribution in [0.4, 0.5) is 5.95 Å². The number of morpholine rings is 1. The van der Waals surface area contributed by atoms with Gasteiger partial charge in [0.2, 0.25) is 11.8 Å². The van der Waals surface area contributed by atoms with Gasteiger partial charge in [-0.1, -0.05) is 0 Å². The van der Waals surface area contributed by atoms with Crippen molar-refractivity contribution >= 4 is 5.95 Å². The maximum absolute atomic E-state index is 5.72. The van der Waals surface area contributed by atoms with E-state index in [0.29, 0.717) is 24.9 Å². The second kappa shape index (κ2) is 5.49. The fourth-order valence-electron chi connectivity index (χ4n) is 2.11. The largest absolute Gasteiger partial charge is 0.481 e. The first kappa shape index (κ1) is 13.0. The molecule has 2 heterocycles. The molecule has 2 N–H and O–H groups in total. The number of aryl methyl sites for hydroxylation is 1. The summed E-state index contributed by atoms with van der Waals surface area (Å²) in [7, 11) is 1.61. The van der Waals surface area contributed by atoms with Crippen molar-refractivity contribution in [2.24, 2.45) is 5.73 Å². The number of nitrogens with zero attached hydrogens (tertiary/aromatic N) is 3. The van der Waals surface area contributed by atoms with E-state index in [1.54, 1.807) is 7.11 Å². The second-order valence-corrected chi connectivity index (χ2v) is 4.56. The number of methoxy groups -OCH3 is 1. The molecule has 1 aliphatic heterocycles. The van der Waals surface area contributed by atoms with E-state index in [1.807, 2.05) is 19.9 Å². The van der Waals surface area contributed by atoms with Crippen molar-refractivity contribution in [3.05, 3.63) is 11.8 Å². The van der Waals surface area contributed by atoms with Crippen molar-refractivity contribution in [3.63, 3.8) is 0 Å². The van der Waals surface area contributed by atoms with Gasteiger partial charge in [-0.3, -0.25) is 0 Å². The van der Waals surface area contributed by atoms with E-state index in [-0.39, 0.29) is 12.2 Å². The normalized spacial score (nSPS) is 24.1. The Labute approximate surface area is 107 Å². The van der Waals surface area contributed by atoms with Gasteiger partial charge in [-0.15, -0.1) is 0 Å². The third-order valence-corrected chi connectivity index (χ3v) is 2.90. The zero-order valence-corrected chi connectivity index (χ0v) is 11.1. The molecular weight excluding hydrogens is 232 g/mol. The molecule has 0 aromatic carbocycles. The lowest BCUT2D eigenvalue weighted by Crippen LogP contribution is -2.50. The number of rotatable bonds is 3. The summed E-state index contributed by atoms with van der Waals surface area (Å²) in [5.74, 6) is 1.27. The van der Waals surface area contributed by atoms with E-state index in [4.69, 9.17) is 15.2 Å². The van der Waals surface area contributed by atoms with Crippen molar-refractivity contribution in [1.29, 1.82) is 0 Å². The van der Waals surface area contributed by atoms with Gasteiger partial charge in [0.05, 0.1) is 19.3 Å². The topological polar surface area (TPSA) is 73.5 Å². The van der Waals surface area contributed by atoms with Crippen LogP contribution in [0.15, 0.2) is 6.07 Å². The highest BCUT2D eigenvalue weighted by atomic mass is 16.5. The van der Waals surface area contributed by atoms with E-state index in [1.165, 1.54) is 0 Å². The van der Waals surface area contributed by atoms with E-state index >= 15 is 0 Å². The van der Waals surface area contributed by atoms with E-state index < -0.39 is 0 Å². The fraction of sp³-hybridized carbons (Fsp3) is 0.667. The highest BCUT2D eigenvalue weighted by molar-refractivity contribution is 5.35. The molecule has 18 heavy (non-hydrogen) atoms. The lowest BCUT2D eigenvalue weighted by Gasteiger charge is -2.36. The lowest BCUT2D eigenvalue weighted by atomic mass is 10.2. The Morgan fingerprint density at radius 2 is 2.28 bits per heavy atom. The Hall–Kier alpha value is -1.40. The van der Waals surface area contributed by atoms with Gasteiger partial charge in [0.15, 0.2) is 0 Å². The molecule has 0 spiro atoms. The summed E-state index contributed by atoms with van der Waals surface area (Å²) in [5, 5.41) is 0. The molecule has 0 aliphatic carbocycles. The summed E-state index contributed by atoms with van der Waals surface area (Å²) in [6, 6.07) is 1.81. The van der Waals surface area contributed by atoms with Crippen LogP contribution < -0.4 is 15.4 Å². The van der Waals surface area contributed by atoms with Crippen LogP contribution in [0.25, 0.3) is 0 Å². The summed E-state index contributed by atoms with van der Waals surface area (Å²) in [6.45, 7) is 5.94. The quantitative estimate of drug-likeness (QED) is 0.836. The number of anilines is 1. The van der Waals surface area contributed by atoms with Crippen LogP contribution in [-0.2, 0) is 4.74 Å². The minimum atomic E-state index is 0.0313.